The maximum absolute atomic E-state index is 6.62. The molecule has 0 amide bonds. The average Bonchev–Trinajstić information content (AvgIpc) is 3.60. The maximum Gasteiger partial charge on any atom is 2.00 e. The van der Waals surface area contributed by atoms with Gasteiger partial charge >= 0.3 is 21.1 Å². The van der Waals surface area contributed by atoms with Crippen molar-refractivity contribution >= 4 is 21.8 Å². The number of pyridine rings is 1. The number of hydrogen-bond donors (Lipinski definition) is 0. The summed E-state index contributed by atoms with van der Waals surface area (Å²) in [5, 5.41) is 7.63. The molecule has 0 aliphatic heterocycles. The fourth-order valence-electron chi connectivity index (χ4n) is 7.95. The Morgan fingerprint density at radius 3 is 2.44 bits per heavy atom. The van der Waals surface area contributed by atoms with Crippen LogP contribution in [-0.4, -0.2) is 19.3 Å². The van der Waals surface area contributed by atoms with Gasteiger partial charge in [-0.3, -0.25) is 4.68 Å². The van der Waals surface area contributed by atoms with Crippen LogP contribution in [0.3, 0.4) is 0 Å². The quantitative estimate of drug-likeness (QED) is 0.0964. The van der Waals surface area contributed by atoms with Crippen molar-refractivity contribution in [1.29, 1.82) is 0 Å². The number of aryl methyl sites for hydroxylation is 3. The second-order valence-corrected chi connectivity index (χ2v) is 13.9. The summed E-state index contributed by atoms with van der Waals surface area (Å²) in [7, 11) is 0. The molecule has 260 valence electrons. The molecule has 3 aromatic heterocycles. The minimum atomic E-state index is 0. The summed E-state index contributed by atoms with van der Waals surface area (Å²) in [6, 6.07) is 28.5. The second-order valence-electron chi connectivity index (χ2n) is 13.9. The van der Waals surface area contributed by atoms with E-state index in [-0.39, 0.29) is 21.1 Å². The molecule has 0 N–H and O–H groups in total. The van der Waals surface area contributed by atoms with Crippen LogP contribution < -0.4 is 4.74 Å². The first-order chi connectivity index (χ1) is 23.9. The first kappa shape index (κ1) is 35.9. The molecular formula is C44H48N4OPt. The first-order valence-electron chi connectivity index (χ1n) is 18.3. The molecule has 5 nitrogen and oxygen atoms in total. The summed E-state index contributed by atoms with van der Waals surface area (Å²) in [6.45, 7) is 13.6. The molecule has 1 unspecified atom stereocenters. The van der Waals surface area contributed by atoms with Crippen LogP contribution in [0.15, 0.2) is 78.5 Å². The van der Waals surface area contributed by atoms with Crippen molar-refractivity contribution in [2.75, 3.05) is 0 Å². The number of rotatable bonds is 11. The summed E-state index contributed by atoms with van der Waals surface area (Å²) in [6.07, 6.45) is 12.9. The zero-order valence-electron chi connectivity index (χ0n) is 30.3. The number of nitrogens with zero attached hydrogens (tertiary/aromatic N) is 4. The van der Waals surface area contributed by atoms with E-state index in [1.807, 2.05) is 12.3 Å². The zero-order chi connectivity index (χ0) is 34.1. The molecule has 2 atom stereocenters. The van der Waals surface area contributed by atoms with Gasteiger partial charge in [0.1, 0.15) is 5.82 Å². The molecule has 6 heteroatoms. The molecule has 50 heavy (non-hydrogen) atoms. The van der Waals surface area contributed by atoms with Crippen LogP contribution in [0, 0.1) is 25.0 Å². The molecule has 6 aromatic rings. The topological polar surface area (TPSA) is 44.9 Å². The molecule has 1 aliphatic carbocycles. The third-order valence-electron chi connectivity index (χ3n) is 10.1. The molecule has 0 spiro atoms. The fraction of sp³-hybridized carbons (Fsp3) is 0.364. The van der Waals surface area contributed by atoms with E-state index in [2.05, 4.69) is 124 Å². The van der Waals surface area contributed by atoms with E-state index < -0.39 is 0 Å². The SMILES string of the molecule is CCCc1ccnc(-n2c3[c-]c(Oc4[c-]c(-n5nc(CCC)c(C6C(C)=CCC[C@@H]6C)c5CCC)cc(C)c4)ccc3c3ccccc32)c1.[Pt+2]. The summed E-state index contributed by atoms with van der Waals surface area (Å²) >= 11 is 0. The Labute approximate surface area is 312 Å². The van der Waals surface area contributed by atoms with Gasteiger partial charge in [-0.1, -0.05) is 89.2 Å². The molecule has 0 radical (unpaired) electrons. The molecule has 0 saturated carbocycles. The Morgan fingerprint density at radius 1 is 0.860 bits per heavy atom. The van der Waals surface area contributed by atoms with Crippen LogP contribution in [-0.2, 0) is 40.3 Å². The van der Waals surface area contributed by atoms with Gasteiger partial charge in [0.05, 0.1) is 5.69 Å². The maximum atomic E-state index is 6.62. The van der Waals surface area contributed by atoms with Crippen molar-refractivity contribution in [2.45, 2.75) is 98.8 Å². The van der Waals surface area contributed by atoms with Crippen LogP contribution in [0.4, 0.5) is 0 Å². The van der Waals surface area contributed by atoms with Crippen LogP contribution in [0.25, 0.3) is 33.3 Å². The normalized spacial score (nSPS) is 16.1. The van der Waals surface area contributed by atoms with Gasteiger partial charge in [0, 0.05) is 40.4 Å². The van der Waals surface area contributed by atoms with E-state index in [1.165, 1.54) is 46.3 Å². The Balaban J connectivity index is 0.00000432. The smallest absolute Gasteiger partial charge is 0.509 e. The Hall–Kier alpha value is -3.95. The number of benzene rings is 3. The predicted octanol–water partition coefficient (Wildman–Crippen LogP) is 11.4. The second kappa shape index (κ2) is 15.5. The van der Waals surface area contributed by atoms with Gasteiger partial charge in [-0.15, -0.1) is 35.7 Å². The number of ether oxygens (including phenoxy) is 1. The average molecular weight is 844 g/mol. The summed E-state index contributed by atoms with van der Waals surface area (Å²) in [4.78, 5) is 4.81. The molecule has 0 bridgehead atoms. The minimum Gasteiger partial charge on any atom is -0.509 e. The number of allylic oxidation sites excluding steroid dienone is 2. The Morgan fingerprint density at radius 2 is 1.66 bits per heavy atom. The zero-order valence-corrected chi connectivity index (χ0v) is 32.5. The number of aromatic nitrogens is 4. The largest absolute Gasteiger partial charge is 2.00 e. The van der Waals surface area contributed by atoms with Gasteiger partial charge in [0.2, 0.25) is 0 Å². The molecule has 3 heterocycles. The van der Waals surface area contributed by atoms with E-state index in [4.69, 9.17) is 14.8 Å². The third kappa shape index (κ3) is 6.86. The monoisotopic (exact) mass is 843 g/mol. The van der Waals surface area contributed by atoms with Gasteiger partial charge in [0.15, 0.2) is 0 Å². The van der Waals surface area contributed by atoms with E-state index in [9.17, 15) is 0 Å². The molecule has 0 saturated heterocycles. The van der Waals surface area contributed by atoms with E-state index in [0.29, 0.717) is 23.3 Å². The van der Waals surface area contributed by atoms with Crippen molar-refractivity contribution in [2.24, 2.45) is 5.92 Å². The van der Waals surface area contributed by atoms with Crippen molar-refractivity contribution < 1.29 is 25.8 Å². The minimum absolute atomic E-state index is 0. The van der Waals surface area contributed by atoms with Crippen LogP contribution in [0.1, 0.15) is 101 Å². The van der Waals surface area contributed by atoms with Gasteiger partial charge in [-0.2, -0.15) is 16.7 Å². The molecule has 3 aromatic carbocycles. The number of fused-ring (bicyclic) bond motifs is 3. The van der Waals surface area contributed by atoms with E-state index in [1.54, 1.807) is 0 Å². The van der Waals surface area contributed by atoms with Crippen LogP contribution in [0.2, 0.25) is 0 Å². The van der Waals surface area contributed by atoms with Crippen LogP contribution >= 0.6 is 0 Å². The third-order valence-corrected chi connectivity index (χ3v) is 10.1. The van der Waals surface area contributed by atoms with Crippen molar-refractivity contribution in [3.63, 3.8) is 0 Å². The summed E-state index contributed by atoms with van der Waals surface area (Å²) < 4.78 is 11.0. The van der Waals surface area contributed by atoms with Gasteiger partial charge in [-0.25, -0.2) is 4.98 Å². The Bertz CT molecular complexity index is 2160. The van der Waals surface area contributed by atoms with Gasteiger partial charge in [0.25, 0.3) is 0 Å². The molecule has 0 fully saturated rings. The van der Waals surface area contributed by atoms with Crippen LogP contribution in [0.5, 0.6) is 11.5 Å². The van der Waals surface area contributed by atoms with E-state index >= 15 is 0 Å². The van der Waals surface area contributed by atoms with Crippen molar-refractivity contribution in [1.82, 2.24) is 19.3 Å². The summed E-state index contributed by atoms with van der Waals surface area (Å²) in [5.41, 5.74) is 10.9. The van der Waals surface area contributed by atoms with Crippen molar-refractivity contribution in [3.8, 4) is 23.0 Å². The number of para-hydroxylation sites is 1. The van der Waals surface area contributed by atoms with Crippen molar-refractivity contribution in [3.05, 3.63) is 119 Å². The molecule has 7 rings (SSSR count). The Kier molecular flexibility index (Phi) is 11.1. The number of hydrogen-bond acceptors (Lipinski definition) is 3. The fourth-order valence-corrected chi connectivity index (χ4v) is 7.95. The molecule has 1 aliphatic rings. The first-order valence-corrected chi connectivity index (χ1v) is 18.3. The van der Waals surface area contributed by atoms with Gasteiger partial charge in [-0.05, 0) is 79.8 Å². The van der Waals surface area contributed by atoms with E-state index in [0.717, 1.165) is 72.0 Å². The predicted molar refractivity (Wildman–Crippen MR) is 202 cm³/mol. The summed E-state index contributed by atoms with van der Waals surface area (Å²) in [5.74, 6) is 3.21. The van der Waals surface area contributed by atoms with Gasteiger partial charge < -0.3 is 9.30 Å². The molecular weight excluding hydrogens is 796 g/mol. The standard InChI is InChI=1S/C44H48N4O.Pt/c1-7-13-32-22-23-45-42(26-32)47-39-19-11-10-18-36(39)37-21-20-34(28-41(37)47)49-35-25-29(4)24-33(27-35)48-40(15-9-3)44(38(46-48)14-8-2)43-30(5)16-12-17-31(43)6;/h10-11,16,18-26,31,43H,7-9,12-15,17H2,1-6H3;/q-2;+2/t31-,43?;/m0./s1.